The molecule has 1 rings (SSSR count). The number of Topliss-reactive ketones (excluding diaryl/α,β-unsaturated/α-hetero) is 1. The minimum atomic E-state index is 0.215. The number of hydrogen-bond donors (Lipinski definition) is 0. The number of carbonyl (C=O) groups excluding carboxylic acids is 1. The third-order valence-electron chi connectivity index (χ3n) is 1.82. The van der Waals surface area contributed by atoms with Crippen molar-refractivity contribution < 1.29 is 4.79 Å². The summed E-state index contributed by atoms with van der Waals surface area (Å²) in [5.41, 5.74) is 1.19. The average Bonchev–Trinajstić information content (AvgIpc) is 1.91. The van der Waals surface area contributed by atoms with Gasteiger partial charge in [0.15, 0.2) is 5.78 Å². The fraction of sp³-hybridized carbons (Fsp3) is 0.545. The minimum Gasteiger partial charge on any atom is -0.294 e. The molecule has 0 bridgehead atoms. The topological polar surface area (TPSA) is 17.1 Å². The van der Waals surface area contributed by atoms with Crippen molar-refractivity contribution in [2.75, 3.05) is 0 Å². The van der Waals surface area contributed by atoms with Crippen molar-refractivity contribution in [2.24, 2.45) is 5.41 Å². The van der Waals surface area contributed by atoms with E-state index in [0.717, 1.165) is 12.0 Å². The summed E-state index contributed by atoms with van der Waals surface area (Å²) in [7, 11) is 0. The molecule has 0 saturated heterocycles. The van der Waals surface area contributed by atoms with Crippen LogP contribution < -0.4 is 0 Å². The SMILES string of the molecule is CC(C)(C)CC1=CC=CCC1=O. The van der Waals surface area contributed by atoms with E-state index in [4.69, 9.17) is 0 Å². The van der Waals surface area contributed by atoms with E-state index in [0.29, 0.717) is 6.42 Å². The van der Waals surface area contributed by atoms with E-state index in [2.05, 4.69) is 20.8 Å². The molecule has 0 amide bonds. The van der Waals surface area contributed by atoms with Gasteiger partial charge in [-0.05, 0) is 17.4 Å². The van der Waals surface area contributed by atoms with Crippen molar-refractivity contribution in [3.63, 3.8) is 0 Å². The quantitative estimate of drug-likeness (QED) is 0.582. The molecule has 12 heavy (non-hydrogen) atoms. The van der Waals surface area contributed by atoms with Crippen molar-refractivity contribution in [1.82, 2.24) is 0 Å². The van der Waals surface area contributed by atoms with Gasteiger partial charge in [0.2, 0.25) is 0 Å². The van der Waals surface area contributed by atoms with Gasteiger partial charge in [-0.2, -0.15) is 0 Å². The number of ketones is 1. The fourth-order valence-electron chi connectivity index (χ4n) is 1.31. The Labute approximate surface area is 74.2 Å². The monoisotopic (exact) mass is 164 g/mol. The normalized spacial score (nSPS) is 17.9. The first-order chi connectivity index (χ1) is 5.49. The van der Waals surface area contributed by atoms with Gasteiger partial charge in [-0.1, -0.05) is 39.0 Å². The Morgan fingerprint density at radius 2 is 2.08 bits per heavy atom. The van der Waals surface area contributed by atoms with Crippen LogP contribution in [-0.2, 0) is 4.79 Å². The van der Waals surface area contributed by atoms with Crippen molar-refractivity contribution in [2.45, 2.75) is 33.6 Å². The first kappa shape index (κ1) is 9.24. The highest BCUT2D eigenvalue weighted by atomic mass is 16.1. The molecule has 66 valence electrons. The van der Waals surface area contributed by atoms with E-state index >= 15 is 0 Å². The third kappa shape index (κ3) is 2.65. The van der Waals surface area contributed by atoms with Gasteiger partial charge in [0.05, 0.1) is 0 Å². The van der Waals surface area contributed by atoms with Crippen molar-refractivity contribution in [3.05, 3.63) is 23.8 Å². The fourth-order valence-corrected chi connectivity index (χ4v) is 1.31. The van der Waals surface area contributed by atoms with Crippen LogP contribution in [0.15, 0.2) is 23.8 Å². The minimum absolute atomic E-state index is 0.215. The van der Waals surface area contributed by atoms with Gasteiger partial charge in [-0.25, -0.2) is 0 Å². The molecular formula is C11H16O. The maximum absolute atomic E-state index is 11.4. The predicted molar refractivity (Wildman–Crippen MR) is 50.9 cm³/mol. The van der Waals surface area contributed by atoms with Gasteiger partial charge >= 0.3 is 0 Å². The van der Waals surface area contributed by atoms with E-state index in [1.807, 2.05) is 18.2 Å². The highest BCUT2D eigenvalue weighted by Crippen LogP contribution is 2.26. The molecule has 0 atom stereocenters. The van der Waals surface area contributed by atoms with E-state index in [1.54, 1.807) is 0 Å². The van der Waals surface area contributed by atoms with E-state index < -0.39 is 0 Å². The zero-order valence-electron chi connectivity index (χ0n) is 8.05. The first-order valence-electron chi connectivity index (χ1n) is 4.38. The summed E-state index contributed by atoms with van der Waals surface area (Å²) in [5.74, 6) is 0.285. The second-order valence-electron chi connectivity index (χ2n) is 4.48. The average molecular weight is 164 g/mol. The zero-order valence-corrected chi connectivity index (χ0v) is 8.05. The van der Waals surface area contributed by atoms with Gasteiger partial charge in [0.1, 0.15) is 0 Å². The standard InChI is InChI=1S/C11H16O/c1-11(2,3)8-9-6-4-5-7-10(9)12/h4-6H,7-8H2,1-3H3. The van der Waals surface area contributed by atoms with Crippen LogP contribution in [0.5, 0.6) is 0 Å². The Morgan fingerprint density at radius 3 is 2.58 bits per heavy atom. The molecule has 0 fully saturated rings. The largest absolute Gasteiger partial charge is 0.294 e. The summed E-state index contributed by atoms with van der Waals surface area (Å²) in [4.78, 5) is 11.4. The molecule has 0 radical (unpaired) electrons. The third-order valence-corrected chi connectivity index (χ3v) is 1.82. The summed E-state index contributed by atoms with van der Waals surface area (Å²) in [6.07, 6.45) is 7.30. The molecule has 1 aliphatic carbocycles. The Bertz CT molecular complexity index is 238. The van der Waals surface area contributed by atoms with Crippen LogP contribution in [0.25, 0.3) is 0 Å². The van der Waals surface area contributed by atoms with Crippen LogP contribution in [0.3, 0.4) is 0 Å². The van der Waals surface area contributed by atoms with E-state index in [9.17, 15) is 4.79 Å². The van der Waals surface area contributed by atoms with E-state index in [1.165, 1.54) is 0 Å². The number of allylic oxidation sites excluding steroid dienone is 4. The highest BCUT2D eigenvalue weighted by molar-refractivity contribution is 5.97. The molecular weight excluding hydrogens is 148 g/mol. The summed E-state index contributed by atoms with van der Waals surface area (Å²) in [6.45, 7) is 6.46. The number of rotatable bonds is 1. The highest BCUT2D eigenvalue weighted by Gasteiger charge is 2.18. The Hall–Kier alpha value is -0.850. The van der Waals surface area contributed by atoms with Crippen LogP contribution >= 0.6 is 0 Å². The Kier molecular flexibility index (Phi) is 2.51. The van der Waals surface area contributed by atoms with Crippen LogP contribution in [-0.4, -0.2) is 5.78 Å². The molecule has 0 saturated carbocycles. The number of hydrogen-bond acceptors (Lipinski definition) is 1. The van der Waals surface area contributed by atoms with Crippen LogP contribution in [0, 0.1) is 5.41 Å². The maximum atomic E-state index is 11.4. The lowest BCUT2D eigenvalue weighted by Gasteiger charge is -2.20. The molecule has 0 aromatic rings. The summed E-state index contributed by atoms with van der Waals surface area (Å²) in [6, 6.07) is 0. The Morgan fingerprint density at radius 1 is 1.42 bits per heavy atom. The molecule has 1 aliphatic rings. The smallest absolute Gasteiger partial charge is 0.162 e. The van der Waals surface area contributed by atoms with Crippen LogP contribution in [0.4, 0.5) is 0 Å². The zero-order chi connectivity index (χ0) is 9.19. The van der Waals surface area contributed by atoms with Gasteiger partial charge in [0, 0.05) is 6.42 Å². The molecule has 0 unspecified atom stereocenters. The predicted octanol–water partition coefficient (Wildman–Crippen LogP) is 2.88. The summed E-state index contributed by atoms with van der Waals surface area (Å²) < 4.78 is 0. The second-order valence-corrected chi connectivity index (χ2v) is 4.48. The molecule has 1 nitrogen and oxygen atoms in total. The second kappa shape index (κ2) is 3.26. The first-order valence-corrected chi connectivity index (χ1v) is 4.38. The van der Waals surface area contributed by atoms with Crippen LogP contribution in [0.2, 0.25) is 0 Å². The van der Waals surface area contributed by atoms with E-state index in [-0.39, 0.29) is 11.2 Å². The molecule has 0 aromatic carbocycles. The molecule has 0 heterocycles. The molecule has 0 N–H and O–H groups in total. The van der Waals surface area contributed by atoms with Gasteiger partial charge < -0.3 is 0 Å². The summed E-state index contributed by atoms with van der Waals surface area (Å²) >= 11 is 0. The number of carbonyl (C=O) groups is 1. The van der Waals surface area contributed by atoms with Gasteiger partial charge in [0.25, 0.3) is 0 Å². The lowest BCUT2D eigenvalue weighted by Crippen LogP contribution is -2.13. The molecule has 0 aliphatic heterocycles. The van der Waals surface area contributed by atoms with Crippen molar-refractivity contribution in [3.8, 4) is 0 Å². The molecule has 0 spiro atoms. The van der Waals surface area contributed by atoms with Crippen LogP contribution in [0.1, 0.15) is 33.6 Å². The lowest BCUT2D eigenvalue weighted by atomic mass is 9.84. The van der Waals surface area contributed by atoms with Crippen molar-refractivity contribution in [1.29, 1.82) is 0 Å². The van der Waals surface area contributed by atoms with Gasteiger partial charge in [-0.15, -0.1) is 0 Å². The Balaban J connectivity index is 2.68. The molecule has 1 heteroatoms. The lowest BCUT2D eigenvalue weighted by molar-refractivity contribution is -0.115. The van der Waals surface area contributed by atoms with Crippen molar-refractivity contribution >= 4 is 5.78 Å². The van der Waals surface area contributed by atoms with Gasteiger partial charge in [-0.3, -0.25) is 4.79 Å². The maximum Gasteiger partial charge on any atom is 0.162 e. The summed E-state index contributed by atoms with van der Waals surface area (Å²) in [5, 5.41) is 0. The molecule has 0 aromatic heterocycles.